The van der Waals surface area contributed by atoms with Crippen LogP contribution in [0.1, 0.15) is 26.2 Å². The lowest BCUT2D eigenvalue weighted by Gasteiger charge is -2.22. The van der Waals surface area contributed by atoms with E-state index in [1.54, 1.807) is 13.0 Å². The Morgan fingerprint density at radius 2 is 2.36 bits per heavy atom. The molecular formula is C16H19BO5. The number of rotatable bonds is 4. The van der Waals surface area contributed by atoms with Crippen LogP contribution in [-0.2, 0) is 18.9 Å². The van der Waals surface area contributed by atoms with Crippen molar-refractivity contribution in [1.29, 1.82) is 0 Å². The summed E-state index contributed by atoms with van der Waals surface area (Å²) in [5, 5.41) is 9.64. The number of carbonyl (C=O) groups is 1. The largest absolute Gasteiger partial charge is 0.491 e. The van der Waals surface area contributed by atoms with Crippen LogP contribution in [0, 0.1) is 0 Å². The number of allylic oxidation sites excluding steroid dienone is 2. The van der Waals surface area contributed by atoms with E-state index in [0.717, 1.165) is 29.6 Å². The molecule has 22 heavy (non-hydrogen) atoms. The molecule has 1 fully saturated rings. The Balaban J connectivity index is 1.65. The molecule has 3 aliphatic rings. The standard InChI is InChI=1S/C16H19BO5/c1-2-20-16(18)11-4-3-5-13(8-11)22-14-6-7-15-12(9-14)10-21-17(15)19/h4,7-9,14,19H,2-3,5-6,10H2,1H3. The maximum atomic E-state index is 11.8. The zero-order valence-corrected chi connectivity index (χ0v) is 12.6. The molecule has 1 saturated heterocycles. The minimum atomic E-state index is -0.806. The third-order valence-electron chi connectivity index (χ3n) is 3.88. The van der Waals surface area contributed by atoms with Gasteiger partial charge in [-0.25, -0.2) is 4.79 Å². The summed E-state index contributed by atoms with van der Waals surface area (Å²) in [6.45, 7) is 2.57. The van der Waals surface area contributed by atoms with Crippen molar-refractivity contribution in [2.75, 3.05) is 13.2 Å². The molecule has 1 heterocycles. The first-order valence-electron chi connectivity index (χ1n) is 7.62. The quantitative estimate of drug-likeness (QED) is 0.634. The van der Waals surface area contributed by atoms with Crippen molar-refractivity contribution in [2.45, 2.75) is 32.3 Å². The van der Waals surface area contributed by atoms with Crippen LogP contribution in [0.3, 0.4) is 0 Å². The first-order chi connectivity index (χ1) is 10.7. The summed E-state index contributed by atoms with van der Waals surface area (Å²) in [5.41, 5.74) is 2.40. The van der Waals surface area contributed by atoms with Crippen molar-refractivity contribution in [3.05, 3.63) is 46.7 Å². The van der Waals surface area contributed by atoms with Gasteiger partial charge in [0.1, 0.15) is 6.10 Å². The van der Waals surface area contributed by atoms with Crippen LogP contribution in [0.2, 0.25) is 0 Å². The van der Waals surface area contributed by atoms with Gasteiger partial charge in [0.25, 0.3) is 0 Å². The summed E-state index contributed by atoms with van der Waals surface area (Å²) in [7, 11) is -0.806. The molecule has 116 valence electrons. The summed E-state index contributed by atoms with van der Waals surface area (Å²) in [6, 6.07) is 0. The highest BCUT2D eigenvalue weighted by Gasteiger charge is 2.33. The maximum Gasteiger partial charge on any atom is 0.491 e. The van der Waals surface area contributed by atoms with Gasteiger partial charge >= 0.3 is 13.1 Å². The molecule has 6 heteroatoms. The van der Waals surface area contributed by atoms with Crippen molar-refractivity contribution in [3.63, 3.8) is 0 Å². The van der Waals surface area contributed by atoms with Gasteiger partial charge in [0.15, 0.2) is 0 Å². The molecule has 1 N–H and O–H groups in total. The summed E-state index contributed by atoms with van der Waals surface area (Å²) in [5.74, 6) is 0.489. The number of carbonyl (C=O) groups excluding carboxylic acids is 1. The van der Waals surface area contributed by atoms with E-state index in [4.69, 9.17) is 14.1 Å². The minimum Gasteiger partial charge on any atom is -0.490 e. The number of hydrogen-bond donors (Lipinski definition) is 1. The topological polar surface area (TPSA) is 65.0 Å². The van der Waals surface area contributed by atoms with Gasteiger partial charge in [0.05, 0.1) is 24.5 Å². The molecule has 0 aromatic heterocycles. The number of ether oxygens (including phenoxy) is 2. The van der Waals surface area contributed by atoms with E-state index < -0.39 is 7.12 Å². The molecule has 0 radical (unpaired) electrons. The Morgan fingerprint density at radius 1 is 1.50 bits per heavy atom. The molecular weight excluding hydrogens is 283 g/mol. The molecule has 0 aromatic carbocycles. The molecule has 1 unspecified atom stereocenters. The molecule has 0 spiro atoms. The Bertz CT molecular complexity index is 587. The summed E-state index contributed by atoms with van der Waals surface area (Å²) in [4.78, 5) is 11.8. The van der Waals surface area contributed by atoms with E-state index in [0.29, 0.717) is 25.2 Å². The van der Waals surface area contributed by atoms with E-state index >= 15 is 0 Å². The molecule has 1 aliphatic heterocycles. The fourth-order valence-electron chi connectivity index (χ4n) is 2.81. The van der Waals surface area contributed by atoms with Gasteiger partial charge in [-0.05, 0) is 36.5 Å². The monoisotopic (exact) mass is 302 g/mol. The second-order valence-corrected chi connectivity index (χ2v) is 5.44. The van der Waals surface area contributed by atoms with Crippen LogP contribution in [0.25, 0.3) is 0 Å². The summed E-state index contributed by atoms with van der Waals surface area (Å²) < 4.78 is 16.2. The molecule has 0 saturated carbocycles. The van der Waals surface area contributed by atoms with Crippen LogP contribution in [0.5, 0.6) is 0 Å². The number of hydrogen-bond acceptors (Lipinski definition) is 5. The lowest BCUT2D eigenvalue weighted by atomic mass is 9.75. The fraction of sp³-hybridized carbons (Fsp3) is 0.438. The summed E-state index contributed by atoms with van der Waals surface area (Å²) in [6.07, 6.45) is 9.75. The minimum absolute atomic E-state index is 0.0829. The van der Waals surface area contributed by atoms with Crippen LogP contribution >= 0.6 is 0 Å². The smallest absolute Gasteiger partial charge is 0.490 e. The highest BCUT2D eigenvalue weighted by atomic mass is 16.5. The fourth-order valence-corrected chi connectivity index (χ4v) is 2.81. The molecule has 2 aliphatic carbocycles. The van der Waals surface area contributed by atoms with E-state index in [-0.39, 0.29) is 12.1 Å². The molecule has 3 rings (SSSR count). The first kappa shape index (κ1) is 15.1. The third kappa shape index (κ3) is 3.18. The first-order valence-corrected chi connectivity index (χ1v) is 7.62. The Labute approximate surface area is 130 Å². The third-order valence-corrected chi connectivity index (χ3v) is 3.88. The van der Waals surface area contributed by atoms with Gasteiger partial charge in [-0.1, -0.05) is 12.2 Å². The van der Waals surface area contributed by atoms with E-state index in [1.165, 1.54) is 0 Å². The normalized spacial score (nSPS) is 23.9. The SMILES string of the molecule is CCOC(=O)C1=CCCC(OC2C=C3COB(O)C3=CC2)=C1. The summed E-state index contributed by atoms with van der Waals surface area (Å²) >= 11 is 0. The van der Waals surface area contributed by atoms with Crippen LogP contribution < -0.4 is 0 Å². The molecule has 0 aromatic rings. The average Bonchev–Trinajstić information content (AvgIpc) is 2.89. The molecule has 1 atom stereocenters. The van der Waals surface area contributed by atoms with E-state index in [1.807, 2.05) is 18.2 Å². The predicted octanol–water partition coefficient (Wildman–Crippen LogP) is 1.85. The van der Waals surface area contributed by atoms with Crippen molar-refractivity contribution < 1.29 is 23.9 Å². The highest BCUT2D eigenvalue weighted by molar-refractivity contribution is 6.55. The average molecular weight is 302 g/mol. The molecule has 0 amide bonds. The van der Waals surface area contributed by atoms with Gasteiger partial charge in [-0.15, -0.1) is 0 Å². The van der Waals surface area contributed by atoms with E-state index in [2.05, 4.69) is 0 Å². The maximum absolute atomic E-state index is 11.8. The van der Waals surface area contributed by atoms with Gasteiger partial charge in [0.2, 0.25) is 0 Å². The second kappa shape index (κ2) is 6.54. The van der Waals surface area contributed by atoms with Crippen molar-refractivity contribution in [3.8, 4) is 0 Å². The van der Waals surface area contributed by atoms with Crippen LogP contribution in [0.4, 0.5) is 0 Å². The highest BCUT2D eigenvalue weighted by Crippen LogP contribution is 2.30. The van der Waals surface area contributed by atoms with Gasteiger partial charge in [0, 0.05) is 12.8 Å². The van der Waals surface area contributed by atoms with E-state index in [9.17, 15) is 9.82 Å². The predicted molar refractivity (Wildman–Crippen MR) is 81.6 cm³/mol. The van der Waals surface area contributed by atoms with Crippen molar-refractivity contribution in [2.24, 2.45) is 0 Å². The second-order valence-electron chi connectivity index (χ2n) is 5.44. The van der Waals surface area contributed by atoms with Crippen molar-refractivity contribution in [1.82, 2.24) is 0 Å². The lowest BCUT2D eigenvalue weighted by Crippen LogP contribution is -2.18. The Morgan fingerprint density at radius 3 is 3.18 bits per heavy atom. The van der Waals surface area contributed by atoms with Gasteiger partial charge < -0.3 is 19.2 Å². The Kier molecular flexibility index (Phi) is 4.50. The molecule has 5 nitrogen and oxygen atoms in total. The Hall–Kier alpha value is -1.79. The lowest BCUT2D eigenvalue weighted by molar-refractivity contribution is -0.138. The van der Waals surface area contributed by atoms with Gasteiger partial charge in [-0.3, -0.25) is 0 Å². The van der Waals surface area contributed by atoms with Gasteiger partial charge in [-0.2, -0.15) is 0 Å². The van der Waals surface area contributed by atoms with Crippen LogP contribution in [0.15, 0.2) is 46.7 Å². The molecule has 0 bridgehead atoms. The zero-order chi connectivity index (χ0) is 15.5. The number of esters is 1. The van der Waals surface area contributed by atoms with Crippen LogP contribution in [-0.4, -0.2) is 37.4 Å². The van der Waals surface area contributed by atoms with Crippen molar-refractivity contribution >= 4 is 13.1 Å². The number of fused-ring (bicyclic) bond motifs is 1. The zero-order valence-electron chi connectivity index (χ0n) is 12.6.